The van der Waals surface area contributed by atoms with Gasteiger partial charge in [0.05, 0.1) is 16.4 Å². The summed E-state index contributed by atoms with van der Waals surface area (Å²) in [6.07, 6.45) is -3.69. The van der Waals surface area contributed by atoms with E-state index in [2.05, 4.69) is 4.90 Å². The first kappa shape index (κ1) is 22.8. The van der Waals surface area contributed by atoms with Crippen LogP contribution in [0.5, 0.6) is 0 Å². The number of fused-ring (bicyclic) bond motifs is 1. The lowest BCUT2D eigenvalue weighted by atomic mass is 10.1. The molecule has 0 bridgehead atoms. The number of aliphatic carboxylic acids is 1. The zero-order valence-corrected chi connectivity index (χ0v) is 18.1. The minimum Gasteiger partial charge on any atom is -0.481 e. The van der Waals surface area contributed by atoms with Crippen molar-refractivity contribution >= 4 is 15.9 Å². The average molecular weight is 468 g/mol. The van der Waals surface area contributed by atoms with E-state index >= 15 is 0 Å². The SMILES string of the molecule is N=S(=O)(c1cccc2c1CC(C(=O)O)C2)N1CCN(Cc2ccc(C(F)(F)F)cc2)CC1. The fourth-order valence-corrected chi connectivity index (χ4v) is 6.16. The van der Waals surface area contributed by atoms with Gasteiger partial charge in [0.2, 0.25) is 0 Å². The molecular formula is C22H24F3N3O3S. The molecule has 1 saturated heterocycles. The second-order valence-corrected chi connectivity index (χ2v) is 10.3. The van der Waals surface area contributed by atoms with Gasteiger partial charge in [0, 0.05) is 32.7 Å². The zero-order valence-electron chi connectivity index (χ0n) is 17.3. The third-order valence-corrected chi connectivity index (χ3v) is 8.25. The quantitative estimate of drug-likeness (QED) is 0.703. The first-order valence-electron chi connectivity index (χ1n) is 10.3. The van der Waals surface area contributed by atoms with Gasteiger partial charge in [0.15, 0.2) is 0 Å². The zero-order chi connectivity index (χ0) is 23.1. The molecule has 1 fully saturated rings. The van der Waals surface area contributed by atoms with Crippen molar-refractivity contribution in [2.75, 3.05) is 26.2 Å². The Morgan fingerprint density at radius 3 is 2.31 bits per heavy atom. The maximum Gasteiger partial charge on any atom is 0.416 e. The number of nitrogens with one attached hydrogen (secondary N) is 1. The summed E-state index contributed by atoms with van der Waals surface area (Å²) in [5.74, 6) is -1.44. The molecule has 2 aromatic rings. The van der Waals surface area contributed by atoms with Crippen LogP contribution in [0.3, 0.4) is 0 Å². The molecule has 0 saturated carbocycles. The van der Waals surface area contributed by atoms with Crippen LogP contribution in [0, 0.1) is 10.7 Å². The molecule has 1 aliphatic carbocycles. The van der Waals surface area contributed by atoms with Gasteiger partial charge >= 0.3 is 12.1 Å². The summed E-state index contributed by atoms with van der Waals surface area (Å²) in [4.78, 5) is 13.9. The molecule has 2 unspecified atom stereocenters. The molecule has 6 nitrogen and oxygen atoms in total. The Hall–Kier alpha value is -2.43. The molecule has 0 amide bonds. The molecule has 0 spiro atoms. The fraction of sp³-hybridized carbons (Fsp3) is 0.409. The second kappa shape index (κ2) is 8.49. The van der Waals surface area contributed by atoms with Gasteiger partial charge in [-0.2, -0.15) is 13.2 Å². The Morgan fingerprint density at radius 2 is 1.72 bits per heavy atom. The van der Waals surface area contributed by atoms with Gasteiger partial charge in [-0.3, -0.25) is 9.69 Å². The van der Waals surface area contributed by atoms with Crippen molar-refractivity contribution in [2.45, 2.75) is 30.5 Å². The lowest BCUT2D eigenvalue weighted by Gasteiger charge is -2.35. The van der Waals surface area contributed by atoms with E-state index in [1.54, 1.807) is 16.4 Å². The summed E-state index contributed by atoms with van der Waals surface area (Å²) in [5.41, 5.74) is 1.64. The molecular weight excluding hydrogens is 443 g/mol. The number of hydrogen-bond acceptors (Lipinski definition) is 4. The van der Waals surface area contributed by atoms with Crippen molar-refractivity contribution in [1.82, 2.24) is 9.21 Å². The molecule has 4 rings (SSSR count). The lowest BCUT2D eigenvalue weighted by Crippen LogP contribution is -2.48. The molecule has 172 valence electrons. The molecule has 2 aromatic carbocycles. The van der Waals surface area contributed by atoms with Crippen molar-refractivity contribution in [3.63, 3.8) is 0 Å². The molecule has 1 heterocycles. The van der Waals surface area contributed by atoms with Gasteiger partial charge in [-0.25, -0.2) is 13.3 Å². The van der Waals surface area contributed by atoms with E-state index in [-0.39, 0.29) is 6.42 Å². The number of carboxylic acids is 1. The van der Waals surface area contributed by atoms with Crippen LogP contribution in [0.4, 0.5) is 13.2 Å². The first-order valence-corrected chi connectivity index (χ1v) is 11.8. The van der Waals surface area contributed by atoms with Gasteiger partial charge < -0.3 is 5.11 Å². The topological polar surface area (TPSA) is 84.7 Å². The van der Waals surface area contributed by atoms with E-state index in [0.717, 1.165) is 23.3 Å². The monoisotopic (exact) mass is 467 g/mol. The minimum absolute atomic E-state index is 0.282. The number of halogens is 3. The number of carboxylic acid groups (broad SMARTS) is 1. The van der Waals surface area contributed by atoms with Gasteiger partial charge in [-0.05, 0) is 47.7 Å². The maximum atomic E-state index is 13.5. The van der Waals surface area contributed by atoms with E-state index in [1.165, 1.54) is 12.1 Å². The highest BCUT2D eigenvalue weighted by atomic mass is 32.2. The van der Waals surface area contributed by atoms with Crippen molar-refractivity contribution < 1.29 is 27.3 Å². The normalized spacial score (nSPS) is 21.8. The van der Waals surface area contributed by atoms with Crippen LogP contribution >= 0.6 is 0 Å². The number of alkyl halides is 3. The van der Waals surface area contributed by atoms with Crippen LogP contribution in [0.2, 0.25) is 0 Å². The van der Waals surface area contributed by atoms with Crippen molar-refractivity contribution in [3.8, 4) is 0 Å². The fourth-order valence-electron chi connectivity index (χ4n) is 4.39. The number of carbonyl (C=O) groups is 1. The van der Waals surface area contributed by atoms with Gasteiger partial charge in [-0.15, -0.1) is 0 Å². The van der Waals surface area contributed by atoms with Crippen LogP contribution < -0.4 is 0 Å². The van der Waals surface area contributed by atoms with E-state index in [1.807, 2.05) is 6.07 Å². The lowest BCUT2D eigenvalue weighted by molar-refractivity contribution is -0.141. The van der Waals surface area contributed by atoms with E-state index in [4.69, 9.17) is 4.78 Å². The standard InChI is InChI=1S/C22H24F3N3O3S/c23-22(24,25)18-6-4-15(5-7-18)14-27-8-10-28(11-9-27)32(26,31)20-3-1-2-16-12-17(21(29)30)13-19(16)20/h1-7,17,26H,8-14H2,(H,29,30). The smallest absolute Gasteiger partial charge is 0.416 e. The second-order valence-electron chi connectivity index (χ2n) is 8.26. The minimum atomic E-state index is -4.36. The highest BCUT2D eigenvalue weighted by Crippen LogP contribution is 2.34. The molecule has 0 aromatic heterocycles. The van der Waals surface area contributed by atoms with Crippen molar-refractivity contribution in [1.29, 1.82) is 4.78 Å². The Bertz CT molecular complexity index is 1110. The summed E-state index contributed by atoms with van der Waals surface area (Å²) in [6.45, 7) is 2.31. The number of rotatable bonds is 5. The molecule has 2 atom stereocenters. The molecule has 1 aliphatic heterocycles. The molecule has 32 heavy (non-hydrogen) atoms. The van der Waals surface area contributed by atoms with Crippen LogP contribution in [-0.4, -0.2) is 50.7 Å². The number of nitrogens with zero attached hydrogens (tertiary/aromatic N) is 2. The van der Waals surface area contributed by atoms with Crippen LogP contribution in [-0.2, 0) is 40.3 Å². The number of hydrogen-bond donors (Lipinski definition) is 2. The first-order chi connectivity index (χ1) is 15.1. The molecule has 2 aliphatic rings. The Kier molecular flexibility index (Phi) is 6.04. The summed E-state index contributed by atoms with van der Waals surface area (Å²) >= 11 is 0. The van der Waals surface area contributed by atoms with Gasteiger partial charge in [0.25, 0.3) is 0 Å². The Labute approximate surface area is 184 Å². The average Bonchev–Trinajstić information content (AvgIpc) is 3.18. The van der Waals surface area contributed by atoms with Crippen LogP contribution in [0.25, 0.3) is 0 Å². The third kappa shape index (κ3) is 4.53. The predicted molar refractivity (Wildman–Crippen MR) is 112 cm³/mol. The van der Waals surface area contributed by atoms with Crippen LogP contribution in [0.1, 0.15) is 22.3 Å². The Balaban J connectivity index is 1.42. The Morgan fingerprint density at radius 1 is 1.06 bits per heavy atom. The van der Waals surface area contributed by atoms with Gasteiger partial charge in [-0.1, -0.05) is 24.3 Å². The summed E-state index contributed by atoms with van der Waals surface area (Å²) in [7, 11) is -3.27. The largest absolute Gasteiger partial charge is 0.481 e. The van der Waals surface area contributed by atoms with Crippen LogP contribution in [0.15, 0.2) is 47.4 Å². The third-order valence-electron chi connectivity index (χ3n) is 6.18. The van der Waals surface area contributed by atoms with E-state index in [9.17, 15) is 27.3 Å². The molecule has 2 N–H and O–H groups in total. The number of benzene rings is 2. The highest BCUT2D eigenvalue weighted by molar-refractivity contribution is 7.90. The summed E-state index contributed by atoms with van der Waals surface area (Å²) in [6, 6.07) is 10.3. The van der Waals surface area contributed by atoms with Gasteiger partial charge in [0.1, 0.15) is 9.92 Å². The van der Waals surface area contributed by atoms with Crippen molar-refractivity contribution in [2.24, 2.45) is 5.92 Å². The summed E-state index contributed by atoms with van der Waals surface area (Å²) < 4.78 is 62.0. The highest BCUT2D eigenvalue weighted by Gasteiger charge is 2.34. The maximum absolute atomic E-state index is 13.5. The number of piperazine rings is 1. The predicted octanol–water partition coefficient (Wildman–Crippen LogP) is 3.64. The molecule has 0 radical (unpaired) electrons. The molecule has 10 heteroatoms. The van der Waals surface area contributed by atoms with E-state index < -0.39 is 33.5 Å². The van der Waals surface area contributed by atoms with Crippen molar-refractivity contribution in [3.05, 3.63) is 64.7 Å². The summed E-state index contributed by atoms with van der Waals surface area (Å²) in [5, 5.41) is 9.34. The van der Waals surface area contributed by atoms with E-state index in [0.29, 0.717) is 49.6 Å².